The molecule has 0 bridgehead atoms. The van der Waals surface area contributed by atoms with Gasteiger partial charge >= 0.3 is 0 Å². The van der Waals surface area contributed by atoms with Crippen LogP contribution in [0.5, 0.6) is 0 Å². The van der Waals surface area contributed by atoms with Gasteiger partial charge in [-0.2, -0.15) is 0 Å². The maximum Gasteiger partial charge on any atom is 0.140 e. The Morgan fingerprint density at radius 3 is 2.36 bits per heavy atom. The van der Waals surface area contributed by atoms with Gasteiger partial charge in [0.15, 0.2) is 0 Å². The Morgan fingerprint density at radius 2 is 1.76 bits per heavy atom. The van der Waals surface area contributed by atoms with Gasteiger partial charge in [-0.1, -0.05) is 46.8 Å². The molecule has 0 aliphatic rings. The normalized spacial score (nSPS) is 12.4. The van der Waals surface area contributed by atoms with E-state index in [1.807, 2.05) is 27.0 Å². The highest BCUT2D eigenvalue weighted by Gasteiger charge is 2.20. The van der Waals surface area contributed by atoms with Crippen LogP contribution in [0, 0.1) is 10.8 Å². The van der Waals surface area contributed by atoms with Crippen LogP contribution in [0.3, 0.4) is 0 Å². The molecule has 0 aliphatic carbocycles. The summed E-state index contributed by atoms with van der Waals surface area (Å²) in [6.07, 6.45) is 4.00. The minimum atomic E-state index is -0.311. The van der Waals surface area contributed by atoms with Crippen molar-refractivity contribution in [2.75, 3.05) is 13.2 Å². The van der Waals surface area contributed by atoms with E-state index >= 15 is 0 Å². The molecule has 0 aliphatic heterocycles. The first kappa shape index (κ1) is 21.5. The number of Topliss-reactive ketones (excluding diaryl/α,β-unsaturated/α-hetero) is 2. The van der Waals surface area contributed by atoms with Crippen molar-refractivity contribution in [3.63, 3.8) is 0 Å². The molecule has 0 radical (unpaired) electrons. The molecule has 0 saturated carbocycles. The lowest BCUT2D eigenvalue weighted by molar-refractivity contribution is -0.127. The minimum absolute atomic E-state index is 0.0282. The number of aryl methyl sites for hydroxylation is 1. The van der Waals surface area contributed by atoms with Crippen molar-refractivity contribution >= 4 is 11.6 Å². The molecule has 6 nitrogen and oxygen atoms in total. The fourth-order valence-electron chi connectivity index (χ4n) is 2.31. The number of hydrogen-bond acceptors (Lipinski definition) is 5. The summed E-state index contributed by atoms with van der Waals surface area (Å²) in [4.78, 5) is 23.7. The summed E-state index contributed by atoms with van der Waals surface area (Å²) in [7, 11) is 0. The number of nitrogens with zero attached hydrogens (tertiary/aromatic N) is 3. The van der Waals surface area contributed by atoms with Crippen molar-refractivity contribution in [2.24, 2.45) is 10.8 Å². The number of aromatic nitrogens is 3. The third-order valence-corrected chi connectivity index (χ3v) is 3.75. The fourth-order valence-corrected chi connectivity index (χ4v) is 2.31. The zero-order valence-corrected chi connectivity index (χ0v) is 16.6. The molecule has 0 N–H and O–H groups in total. The van der Waals surface area contributed by atoms with Gasteiger partial charge in [-0.15, -0.1) is 5.10 Å². The molecule has 6 heteroatoms. The van der Waals surface area contributed by atoms with Crippen molar-refractivity contribution in [3.05, 3.63) is 11.9 Å². The van der Waals surface area contributed by atoms with Gasteiger partial charge in [0.2, 0.25) is 0 Å². The first-order chi connectivity index (χ1) is 11.5. The Morgan fingerprint density at radius 1 is 1.08 bits per heavy atom. The molecule has 142 valence electrons. The van der Waals surface area contributed by atoms with Gasteiger partial charge in [-0.05, 0) is 11.8 Å². The maximum absolute atomic E-state index is 11.9. The molecule has 0 fully saturated rings. The van der Waals surface area contributed by atoms with Crippen LogP contribution in [0.2, 0.25) is 0 Å². The molecule has 1 aromatic rings. The third kappa shape index (κ3) is 9.48. The van der Waals surface area contributed by atoms with Crippen LogP contribution in [0.15, 0.2) is 6.20 Å². The molecule has 1 rings (SSSR count). The zero-order chi connectivity index (χ0) is 19.1. The second kappa shape index (κ2) is 9.22. The highest BCUT2D eigenvalue weighted by Crippen LogP contribution is 2.20. The van der Waals surface area contributed by atoms with E-state index < -0.39 is 0 Å². The Labute approximate surface area is 151 Å². The number of ether oxygens (including phenoxy) is 1. The molecule has 0 amide bonds. The van der Waals surface area contributed by atoms with E-state index in [2.05, 4.69) is 31.1 Å². The molecule has 0 spiro atoms. The lowest BCUT2D eigenvalue weighted by atomic mass is 9.88. The Hall–Kier alpha value is -1.56. The Balaban J connectivity index is 2.23. The van der Waals surface area contributed by atoms with E-state index in [1.54, 1.807) is 4.68 Å². The third-order valence-electron chi connectivity index (χ3n) is 3.75. The minimum Gasteiger partial charge on any atom is -0.379 e. The van der Waals surface area contributed by atoms with Crippen LogP contribution in [-0.4, -0.2) is 39.8 Å². The molecular formula is C19H33N3O3. The summed E-state index contributed by atoms with van der Waals surface area (Å²) in [5, 5.41) is 8.14. The van der Waals surface area contributed by atoms with Crippen molar-refractivity contribution < 1.29 is 14.3 Å². The van der Waals surface area contributed by atoms with Gasteiger partial charge in [0, 0.05) is 30.9 Å². The van der Waals surface area contributed by atoms with Gasteiger partial charge < -0.3 is 4.74 Å². The fraction of sp³-hybridized carbons (Fsp3) is 0.789. The second-order valence-corrected chi connectivity index (χ2v) is 8.78. The summed E-state index contributed by atoms with van der Waals surface area (Å²) in [5.74, 6) is 0.462. The maximum atomic E-state index is 11.9. The topological polar surface area (TPSA) is 74.1 Å². The number of carbonyl (C=O) groups is 2. The second-order valence-electron chi connectivity index (χ2n) is 8.78. The van der Waals surface area contributed by atoms with Gasteiger partial charge in [0.25, 0.3) is 0 Å². The SMILES string of the molecule is CC(C)(C)CC(=O)CCc1cn(CCOCCC(=O)C(C)(C)C)nn1. The molecule has 0 aromatic carbocycles. The van der Waals surface area contributed by atoms with Crippen LogP contribution in [0.1, 0.15) is 66.5 Å². The summed E-state index contributed by atoms with van der Waals surface area (Å²) >= 11 is 0. The first-order valence-corrected chi connectivity index (χ1v) is 8.99. The number of rotatable bonds is 10. The largest absolute Gasteiger partial charge is 0.379 e. The van der Waals surface area contributed by atoms with E-state index in [1.165, 1.54) is 0 Å². The van der Waals surface area contributed by atoms with Crippen LogP contribution in [-0.2, 0) is 27.3 Å². The lowest BCUT2D eigenvalue weighted by Crippen LogP contribution is -2.21. The van der Waals surface area contributed by atoms with E-state index in [-0.39, 0.29) is 22.4 Å². The van der Waals surface area contributed by atoms with E-state index in [0.29, 0.717) is 45.4 Å². The summed E-state index contributed by atoms with van der Waals surface area (Å²) in [6, 6.07) is 0. The van der Waals surface area contributed by atoms with E-state index in [0.717, 1.165) is 5.69 Å². The summed E-state index contributed by atoms with van der Waals surface area (Å²) < 4.78 is 7.22. The predicted octanol–water partition coefficient (Wildman–Crippen LogP) is 3.24. The van der Waals surface area contributed by atoms with Crippen LogP contribution < -0.4 is 0 Å². The quantitative estimate of drug-likeness (QED) is 0.605. The lowest BCUT2D eigenvalue weighted by Gasteiger charge is -2.16. The van der Waals surface area contributed by atoms with Crippen LogP contribution in [0.25, 0.3) is 0 Å². The summed E-state index contributed by atoms with van der Waals surface area (Å²) in [5.41, 5.74) is 0.541. The highest BCUT2D eigenvalue weighted by atomic mass is 16.5. The van der Waals surface area contributed by atoms with Crippen LogP contribution in [0.4, 0.5) is 0 Å². The van der Waals surface area contributed by atoms with E-state index in [9.17, 15) is 9.59 Å². The monoisotopic (exact) mass is 351 g/mol. The molecule has 25 heavy (non-hydrogen) atoms. The van der Waals surface area contributed by atoms with Crippen LogP contribution >= 0.6 is 0 Å². The molecule has 0 atom stereocenters. The summed E-state index contributed by atoms with van der Waals surface area (Å²) in [6.45, 7) is 13.5. The average Bonchev–Trinajstić information content (AvgIpc) is 2.89. The molecule has 0 saturated heterocycles. The standard InChI is InChI=1S/C19H33N3O3/c1-18(2,3)13-16(23)8-7-15-14-22(21-20-15)10-12-25-11-9-17(24)19(4,5)6/h14H,7-13H2,1-6H3. The van der Waals surface area contributed by atoms with Crippen molar-refractivity contribution in [1.82, 2.24) is 15.0 Å². The number of carbonyl (C=O) groups excluding carboxylic acids is 2. The van der Waals surface area contributed by atoms with Gasteiger partial charge in [0.05, 0.1) is 25.5 Å². The predicted molar refractivity (Wildman–Crippen MR) is 97.3 cm³/mol. The number of ketones is 2. The first-order valence-electron chi connectivity index (χ1n) is 8.99. The molecule has 1 heterocycles. The highest BCUT2D eigenvalue weighted by molar-refractivity contribution is 5.83. The van der Waals surface area contributed by atoms with Crippen molar-refractivity contribution in [1.29, 1.82) is 0 Å². The number of hydrogen-bond donors (Lipinski definition) is 0. The molecule has 1 aromatic heterocycles. The zero-order valence-electron chi connectivity index (χ0n) is 16.6. The average molecular weight is 351 g/mol. The Bertz CT molecular complexity index is 565. The smallest absolute Gasteiger partial charge is 0.140 e. The molecular weight excluding hydrogens is 318 g/mol. The Kier molecular flexibility index (Phi) is 7.93. The van der Waals surface area contributed by atoms with Gasteiger partial charge in [0.1, 0.15) is 11.6 Å². The van der Waals surface area contributed by atoms with E-state index in [4.69, 9.17) is 4.74 Å². The van der Waals surface area contributed by atoms with Gasteiger partial charge in [-0.3, -0.25) is 9.59 Å². The van der Waals surface area contributed by atoms with Crippen molar-refractivity contribution in [2.45, 2.75) is 73.8 Å². The van der Waals surface area contributed by atoms with Gasteiger partial charge in [-0.25, -0.2) is 4.68 Å². The molecule has 0 unspecified atom stereocenters. The van der Waals surface area contributed by atoms with Crippen molar-refractivity contribution in [3.8, 4) is 0 Å².